The number of aryl methyl sites for hydroxylation is 1. The van der Waals surface area contributed by atoms with Crippen molar-refractivity contribution in [2.45, 2.75) is 58.1 Å². The van der Waals surface area contributed by atoms with E-state index in [-0.39, 0.29) is 5.41 Å². The molecule has 2 rings (SSSR count). The van der Waals surface area contributed by atoms with Gasteiger partial charge in [0.1, 0.15) is 12.2 Å². The van der Waals surface area contributed by atoms with Gasteiger partial charge in [0.15, 0.2) is 0 Å². The van der Waals surface area contributed by atoms with Crippen LogP contribution in [0.2, 0.25) is 0 Å². The minimum atomic E-state index is -0.468. The first-order chi connectivity index (χ1) is 10.2. The van der Waals surface area contributed by atoms with E-state index in [1.165, 1.54) is 5.56 Å². The average Bonchev–Trinajstić information content (AvgIpc) is 2.97. The second kappa shape index (κ2) is 6.85. The van der Waals surface area contributed by atoms with Gasteiger partial charge in [0.25, 0.3) is 0 Å². The Hall–Kier alpha value is -1.68. The van der Waals surface area contributed by atoms with E-state index in [1.54, 1.807) is 6.33 Å². The van der Waals surface area contributed by atoms with Gasteiger partial charge in [-0.3, -0.25) is 4.68 Å². The largest absolute Gasteiger partial charge is 0.392 e. The van der Waals surface area contributed by atoms with Gasteiger partial charge in [-0.2, -0.15) is 5.10 Å². The van der Waals surface area contributed by atoms with Crippen molar-refractivity contribution in [1.82, 2.24) is 14.8 Å². The minimum Gasteiger partial charge on any atom is -0.392 e. The van der Waals surface area contributed by atoms with Gasteiger partial charge in [-0.05, 0) is 25.3 Å². The maximum absolute atomic E-state index is 10.9. The maximum Gasteiger partial charge on any atom is 0.138 e. The molecule has 2 aromatic rings. The van der Waals surface area contributed by atoms with Crippen LogP contribution in [-0.4, -0.2) is 26.0 Å². The summed E-state index contributed by atoms with van der Waals surface area (Å²) in [4.78, 5) is 4.29. The number of benzene rings is 1. The molecule has 0 radical (unpaired) electrons. The van der Waals surface area contributed by atoms with E-state index >= 15 is 0 Å². The van der Waals surface area contributed by atoms with E-state index in [2.05, 4.69) is 36.1 Å². The van der Waals surface area contributed by atoms with Gasteiger partial charge in [-0.15, -0.1) is 0 Å². The third-order valence-corrected chi connectivity index (χ3v) is 4.62. The summed E-state index contributed by atoms with van der Waals surface area (Å²) in [5.74, 6) is 0.854. The Bertz CT molecular complexity index is 546. The first-order valence-corrected chi connectivity index (χ1v) is 7.78. The maximum atomic E-state index is 10.9. The Labute approximate surface area is 126 Å². The van der Waals surface area contributed by atoms with Crippen LogP contribution >= 0.6 is 0 Å². The molecule has 4 heteroatoms. The highest BCUT2D eigenvalue weighted by Crippen LogP contribution is 2.36. The van der Waals surface area contributed by atoms with Crippen LogP contribution in [0.3, 0.4) is 0 Å². The fourth-order valence-electron chi connectivity index (χ4n) is 3.17. The zero-order valence-corrected chi connectivity index (χ0v) is 13.2. The first kappa shape index (κ1) is 15.7. The zero-order chi connectivity index (χ0) is 15.3. The van der Waals surface area contributed by atoms with Gasteiger partial charge >= 0.3 is 0 Å². The Morgan fingerprint density at radius 3 is 2.38 bits per heavy atom. The van der Waals surface area contributed by atoms with Crippen molar-refractivity contribution in [2.24, 2.45) is 0 Å². The molecule has 0 saturated heterocycles. The summed E-state index contributed by atoms with van der Waals surface area (Å²) in [6.45, 7) is 7.10. The number of nitrogens with zero attached hydrogens (tertiary/aromatic N) is 3. The second-order valence-corrected chi connectivity index (χ2v) is 5.44. The summed E-state index contributed by atoms with van der Waals surface area (Å²) >= 11 is 0. The van der Waals surface area contributed by atoms with Crippen molar-refractivity contribution in [1.29, 1.82) is 0 Å². The van der Waals surface area contributed by atoms with Crippen LogP contribution in [0.4, 0.5) is 0 Å². The van der Waals surface area contributed by atoms with E-state index in [4.69, 9.17) is 0 Å². The topological polar surface area (TPSA) is 50.9 Å². The third kappa shape index (κ3) is 3.00. The lowest BCUT2D eigenvalue weighted by Gasteiger charge is -2.37. The van der Waals surface area contributed by atoms with E-state index in [0.717, 1.165) is 25.2 Å². The van der Waals surface area contributed by atoms with Crippen LogP contribution in [0.5, 0.6) is 0 Å². The fourth-order valence-corrected chi connectivity index (χ4v) is 3.17. The Morgan fingerprint density at radius 1 is 1.14 bits per heavy atom. The first-order valence-electron chi connectivity index (χ1n) is 7.78. The average molecular weight is 287 g/mol. The molecule has 4 nitrogen and oxygen atoms in total. The van der Waals surface area contributed by atoms with E-state index in [1.807, 2.05) is 29.8 Å². The lowest BCUT2D eigenvalue weighted by atomic mass is 9.70. The number of aliphatic hydroxyl groups is 1. The fraction of sp³-hybridized carbons (Fsp3) is 0.529. The number of hydrogen-bond donors (Lipinski definition) is 1. The number of rotatable bonds is 7. The smallest absolute Gasteiger partial charge is 0.138 e. The molecule has 0 aliphatic rings. The molecule has 1 aromatic heterocycles. The highest BCUT2D eigenvalue weighted by Gasteiger charge is 2.37. The lowest BCUT2D eigenvalue weighted by molar-refractivity contribution is 0.0707. The van der Waals surface area contributed by atoms with Crippen molar-refractivity contribution in [3.05, 3.63) is 48.0 Å². The van der Waals surface area contributed by atoms with Crippen molar-refractivity contribution in [2.75, 3.05) is 0 Å². The van der Waals surface area contributed by atoms with Gasteiger partial charge in [-0.1, -0.05) is 44.2 Å². The van der Waals surface area contributed by atoms with Crippen LogP contribution in [0.15, 0.2) is 36.7 Å². The molecular formula is C17H25N3O. The molecule has 0 bridgehead atoms. The summed E-state index contributed by atoms with van der Waals surface area (Å²) < 4.78 is 1.85. The van der Waals surface area contributed by atoms with Gasteiger partial charge in [0.2, 0.25) is 0 Å². The van der Waals surface area contributed by atoms with Crippen molar-refractivity contribution in [3.8, 4) is 0 Å². The van der Waals surface area contributed by atoms with E-state index in [9.17, 15) is 5.11 Å². The van der Waals surface area contributed by atoms with Gasteiger partial charge in [0.05, 0.1) is 6.10 Å². The Kier molecular flexibility index (Phi) is 5.12. The zero-order valence-electron chi connectivity index (χ0n) is 13.2. The number of aromatic nitrogens is 3. The molecule has 1 heterocycles. The summed E-state index contributed by atoms with van der Waals surface area (Å²) in [7, 11) is 0. The summed E-state index contributed by atoms with van der Waals surface area (Å²) in [5.41, 5.74) is 0.969. The molecule has 1 unspecified atom stereocenters. The predicted molar refractivity (Wildman–Crippen MR) is 84.1 cm³/mol. The standard InChI is InChI=1S/C17H25N3O/c1-4-17(5-2,14-10-8-7-9-11-14)15(21)12-16-18-13-19-20(16)6-3/h7-11,13,15,21H,4-6,12H2,1-3H3. The van der Waals surface area contributed by atoms with E-state index < -0.39 is 6.10 Å². The Morgan fingerprint density at radius 2 is 1.81 bits per heavy atom. The van der Waals surface area contributed by atoms with Gasteiger partial charge in [0, 0.05) is 18.4 Å². The molecule has 21 heavy (non-hydrogen) atoms. The van der Waals surface area contributed by atoms with Crippen LogP contribution in [-0.2, 0) is 18.4 Å². The van der Waals surface area contributed by atoms with E-state index in [0.29, 0.717) is 6.42 Å². The molecule has 114 valence electrons. The van der Waals surface area contributed by atoms with Crippen molar-refractivity contribution >= 4 is 0 Å². The van der Waals surface area contributed by atoms with Crippen LogP contribution in [0, 0.1) is 0 Å². The minimum absolute atomic E-state index is 0.230. The normalized spacial score (nSPS) is 13.3. The van der Waals surface area contributed by atoms with Crippen molar-refractivity contribution in [3.63, 3.8) is 0 Å². The second-order valence-electron chi connectivity index (χ2n) is 5.44. The SMILES string of the molecule is CCn1ncnc1CC(O)C(CC)(CC)c1ccccc1. The molecule has 0 saturated carbocycles. The summed E-state index contributed by atoms with van der Waals surface area (Å²) in [6, 6.07) is 10.3. The predicted octanol–water partition coefficient (Wildman–Crippen LogP) is 2.96. The summed E-state index contributed by atoms with van der Waals surface area (Å²) in [6.07, 6.45) is 3.42. The van der Waals surface area contributed by atoms with Crippen LogP contribution in [0.25, 0.3) is 0 Å². The molecule has 1 aromatic carbocycles. The molecule has 0 aliphatic heterocycles. The Balaban J connectivity index is 2.30. The summed E-state index contributed by atoms with van der Waals surface area (Å²) in [5, 5.41) is 15.1. The molecule has 0 spiro atoms. The van der Waals surface area contributed by atoms with Gasteiger partial charge in [-0.25, -0.2) is 4.98 Å². The molecular weight excluding hydrogens is 262 g/mol. The number of aliphatic hydroxyl groups excluding tert-OH is 1. The monoisotopic (exact) mass is 287 g/mol. The van der Waals surface area contributed by atoms with Crippen molar-refractivity contribution < 1.29 is 5.11 Å². The molecule has 0 aliphatic carbocycles. The number of hydrogen-bond acceptors (Lipinski definition) is 3. The van der Waals surface area contributed by atoms with Crippen LogP contribution in [0.1, 0.15) is 45.0 Å². The molecule has 0 amide bonds. The van der Waals surface area contributed by atoms with Gasteiger partial charge < -0.3 is 5.11 Å². The van der Waals surface area contributed by atoms with Crippen LogP contribution < -0.4 is 0 Å². The quantitative estimate of drug-likeness (QED) is 0.851. The lowest BCUT2D eigenvalue weighted by Crippen LogP contribution is -2.40. The molecule has 1 N–H and O–H groups in total. The third-order valence-electron chi connectivity index (χ3n) is 4.62. The molecule has 1 atom stereocenters. The molecule has 0 fully saturated rings. The highest BCUT2D eigenvalue weighted by molar-refractivity contribution is 5.27. The highest BCUT2D eigenvalue weighted by atomic mass is 16.3.